The number of fused-ring (bicyclic) bond motifs is 1. The van der Waals surface area contributed by atoms with E-state index >= 15 is 0 Å². The van der Waals surface area contributed by atoms with Crippen LogP contribution in [0.25, 0.3) is 11.3 Å². The van der Waals surface area contributed by atoms with Crippen molar-refractivity contribution < 1.29 is 9.59 Å². The van der Waals surface area contributed by atoms with Gasteiger partial charge in [-0.3, -0.25) is 19.9 Å². The number of hydrogen-bond acceptors (Lipinski definition) is 6. The van der Waals surface area contributed by atoms with Crippen LogP contribution < -0.4 is 10.2 Å². The first-order valence-electron chi connectivity index (χ1n) is 11.2. The number of nitrogens with one attached hydrogen (secondary N) is 1. The van der Waals surface area contributed by atoms with Crippen molar-refractivity contribution in [2.75, 3.05) is 16.8 Å². The fourth-order valence-electron chi connectivity index (χ4n) is 4.60. The minimum absolute atomic E-state index is 0.174. The Morgan fingerprint density at radius 3 is 2.78 bits per heavy atom. The van der Waals surface area contributed by atoms with E-state index in [-0.39, 0.29) is 17.5 Å². The highest BCUT2D eigenvalue weighted by Crippen LogP contribution is 2.35. The van der Waals surface area contributed by atoms with Crippen molar-refractivity contribution in [2.45, 2.75) is 44.9 Å². The van der Waals surface area contributed by atoms with Gasteiger partial charge in [-0.05, 0) is 43.4 Å². The number of benzene rings is 1. The van der Waals surface area contributed by atoms with Crippen LogP contribution in [0, 0.1) is 5.92 Å². The van der Waals surface area contributed by atoms with E-state index in [1.54, 1.807) is 0 Å². The summed E-state index contributed by atoms with van der Waals surface area (Å²) in [5, 5.41) is 5.23. The molecular weight excluding hydrogens is 422 g/mol. The van der Waals surface area contributed by atoms with Gasteiger partial charge in [0.05, 0.1) is 11.9 Å². The summed E-state index contributed by atoms with van der Waals surface area (Å²) in [5.41, 5.74) is 4.29. The highest BCUT2D eigenvalue weighted by molar-refractivity contribution is 7.14. The van der Waals surface area contributed by atoms with E-state index in [1.165, 1.54) is 41.9 Å². The molecule has 0 bridgehead atoms. The van der Waals surface area contributed by atoms with Gasteiger partial charge >= 0.3 is 0 Å². The summed E-state index contributed by atoms with van der Waals surface area (Å²) in [7, 11) is 0. The normalized spacial score (nSPS) is 16.4. The summed E-state index contributed by atoms with van der Waals surface area (Å²) in [4.78, 5) is 40.0. The molecule has 0 radical (unpaired) electrons. The van der Waals surface area contributed by atoms with Gasteiger partial charge in [-0.25, -0.2) is 9.97 Å². The summed E-state index contributed by atoms with van der Waals surface area (Å²) in [5.74, 6) is 0.135. The standard InChI is InChI=1S/C24H25N5O2S/c30-22(19-14-25-10-11-26-19)28-24-27-20(15-32-24)17-8-9-21-18(13-17)7-4-12-29(21)23(31)16-5-2-1-3-6-16/h8-11,13-16H,1-7,12H2,(H,27,28,30). The number of thiazole rings is 1. The molecular formula is C24H25N5O2S. The van der Waals surface area contributed by atoms with Crippen molar-refractivity contribution in [1.82, 2.24) is 15.0 Å². The summed E-state index contributed by atoms with van der Waals surface area (Å²) in [6.07, 6.45) is 12.0. The van der Waals surface area contributed by atoms with Crippen LogP contribution in [0.5, 0.6) is 0 Å². The van der Waals surface area contributed by atoms with Crippen LogP contribution in [0.1, 0.15) is 54.6 Å². The zero-order valence-corrected chi connectivity index (χ0v) is 18.6. The number of hydrogen-bond donors (Lipinski definition) is 1. The highest BCUT2D eigenvalue weighted by atomic mass is 32.1. The van der Waals surface area contributed by atoms with Crippen molar-refractivity contribution in [3.05, 3.63) is 53.4 Å². The molecule has 0 atom stereocenters. The van der Waals surface area contributed by atoms with E-state index in [4.69, 9.17) is 0 Å². The Hall–Kier alpha value is -3.13. The van der Waals surface area contributed by atoms with E-state index in [1.807, 2.05) is 16.3 Å². The molecule has 164 valence electrons. The van der Waals surface area contributed by atoms with Gasteiger partial charge in [-0.1, -0.05) is 25.3 Å². The zero-order valence-electron chi connectivity index (χ0n) is 17.8. The largest absolute Gasteiger partial charge is 0.312 e. The quantitative estimate of drug-likeness (QED) is 0.626. The average molecular weight is 448 g/mol. The molecule has 32 heavy (non-hydrogen) atoms. The van der Waals surface area contributed by atoms with E-state index in [9.17, 15) is 9.59 Å². The minimum atomic E-state index is -0.332. The molecule has 2 amide bonds. The zero-order chi connectivity index (χ0) is 21.9. The Morgan fingerprint density at radius 1 is 1.09 bits per heavy atom. The lowest BCUT2D eigenvalue weighted by Crippen LogP contribution is -2.40. The minimum Gasteiger partial charge on any atom is -0.312 e. The fraction of sp³-hybridized carbons (Fsp3) is 0.375. The van der Waals surface area contributed by atoms with Crippen molar-refractivity contribution in [2.24, 2.45) is 5.92 Å². The van der Waals surface area contributed by atoms with Crippen LogP contribution in [0.3, 0.4) is 0 Å². The second-order valence-corrected chi connectivity index (χ2v) is 9.21. The Kier molecular flexibility index (Phi) is 5.94. The topological polar surface area (TPSA) is 88.1 Å². The molecule has 1 aromatic carbocycles. The highest BCUT2D eigenvalue weighted by Gasteiger charge is 2.29. The second kappa shape index (κ2) is 9.16. The Bertz CT molecular complexity index is 1120. The number of nitrogens with zero attached hydrogens (tertiary/aromatic N) is 4. The molecule has 1 aliphatic heterocycles. The van der Waals surface area contributed by atoms with E-state index < -0.39 is 0 Å². The molecule has 0 unspecified atom stereocenters. The van der Waals surface area contributed by atoms with E-state index in [0.29, 0.717) is 11.0 Å². The fourth-order valence-corrected chi connectivity index (χ4v) is 5.31. The van der Waals surface area contributed by atoms with Crippen LogP contribution in [0.15, 0.2) is 42.2 Å². The molecule has 3 aromatic rings. The number of carbonyl (C=O) groups excluding carboxylic acids is 2. The third kappa shape index (κ3) is 4.27. The number of aromatic nitrogens is 3. The van der Waals surface area contributed by atoms with E-state index in [2.05, 4.69) is 32.4 Å². The molecule has 1 N–H and O–H groups in total. The van der Waals surface area contributed by atoms with Crippen molar-refractivity contribution in [1.29, 1.82) is 0 Å². The van der Waals surface area contributed by atoms with Crippen molar-refractivity contribution in [3.8, 4) is 11.3 Å². The predicted octanol–water partition coefficient (Wildman–Crippen LogP) is 4.71. The Balaban J connectivity index is 1.33. The first-order valence-corrected chi connectivity index (χ1v) is 12.0. The summed E-state index contributed by atoms with van der Waals surface area (Å²) >= 11 is 1.37. The number of carbonyl (C=O) groups is 2. The molecule has 8 heteroatoms. The maximum atomic E-state index is 13.2. The first-order chi connectivity index (χ1) is 15.7. The van der Waals surface area contributed by atoms with Gasteiger partial charge < -0.3 is 4.90 Å². The van der Waals surface area contributed by atoms with Crippen molar-refractivity contribution in [3.63, 3.8) is 0 Å². The molecule has 5 rings (SSSR count). The van der Waals surface area contributed by atoms with Gasteiger partial charge in [-0.2, -0.15) is 0 Å². The maximum absolute atomic E-state index is 13.2. The van der Waals surface area contributed by atoms with Gasteiger partial charge in [0.15, 0.2) is 5.13 Å². The lowest BCUT2D eigenvalue weighted by Gasteiger charge is -2.33. The molecule has 2 aromatic heterocycles. The van der Waals surface area contributed by atoms with Crippen LogP contribution in [-0.4, -0.2) is 33.3 Å². The molecule has 1 fully saturated rings. The third-order valence-corrected chi connectivity index (χ3v) is 6.99. The lowest BCUT2D eigenvalue weighted by molar-refractivity contribution is -0.123. The van der Waals surface area contributed by atoms with Gasteiger partial charge in [0.2, 0.25) is 5.91 Å². The van der Waals surface area contributed by atoms with Crippen LogP contribution >= 0.6 is 11.3 Å². The monoisotopic (exact) mass is 447 g/mol. The molecule has 1 aliphatic carbocycles. The van der Waals surface area contributed by atoms with E-state index in [0.717, 1.165) is 62.0 Å². The van der Waals surface area contributed by atoms with Crippen LogP contribution in [0.2, 0.25) is 0 Å². The number of rotatable bonds is 4. The SMILES string of the molecule is O=C(Nc1nc(-c2ccc3c(c2)CCCN3C(=O)C2CCCCC2)cs1)c1cnccn1. The summed E-state index contributed by atoms with van der Waals surface area (Å²) in [6.45, 7) is 0.803. The second-order valence-electron chi connectivity index (χ2n) is 8.35. The molecule has 1 saturated carbocycles. The first kappa shape index (κ1) is 20.8. The lowest BCUT2D eigenvalue weighted by atomic mass is 9.87. The summed E-state index contributed by atoms with van der Waals surface area (Å²) < 4.78 is 0. The number of amides is 2. The van der Waals surface area contributed by atoms with Crippen molar-refractivity contribution >= 4 is 34.0 Å². The van der Waals surface area contributed by atoms with Gasteiger partial charge in [0, 0.05) is 41.5 Å². The Labute approximate surface area is 190 Å². The smallest absolute Gasteiger partial charge is 0.277 e. The molecule has 0 spiro atoms. The van der Waals surface area contributed by atoms with Gasteiger partial charge in [-0.15, -0.1) is 11.3 Å². The Morgan fingerprint density at radius 2 is 1.97 bits per heavy atom. The summed E-state index contributed by atoms with van der Waals surface area (Å²) in [6, 6.07) is 6.22. The maximum Gasteiger partial charge on any atom is 0.277 e. The molecule has 2 aliphatic rings. The average Bonchev–Trinajstić information content (AvgIpc) is 3.32. The number of aryl methyl sites for hydroxylation is 1. The third-order valence-electron chi connectivity index (χ3n) is 6.23. The van der Waals surface area contributed by atoms with Gasteiger partial charge in [0.25, 0.3) is 5.91 Å². The van der Waals surface area contributed by atoms with Crippen LogP contribution in [0.4, 0.5) is 10.8 Å². The molecule has 7 nitrogen and oxygen atoms in total. The van der Waals surface area contributed by atoms with Gasteiger partial charge in [0.1, 0.15) is 5.69 Å². The number of anilines is 2. The predicted molar refractivity (Wildman–Crippen MR) is 125 cm³/mol. The molecule has 0 saturated heterocycles. The van der Waals surface area contributed by atoms with Crippen LogP contribution in [-0.2, 0) is 11.2 Å². The molecule has 3 heterocycles.